The summed E-state index contributed by atoms with van der Waals surface area (Å²) in [5.74, 6) is 0.754. The summed E-state index contributed by atoms with van der Waals surface area (Å²) in [7, 11) is 0. The van der Waals surface area contributed by atoms with Gasteiger partial charge in [-0.1, -0.05) is 12.8 Å². The van der Waals surface area contributed by atoms with Crippen LogP contribution in [0.15, 0.2) is 0 Å². The van der Waals surface area contributed by atoms with Gasteiger partial charge in [-0.25, -0.2) is 4.79 Å². The summed E-state index contributed by atoms with van der Waals surface area (Å²) in [6, 6.07) is 0.360. The first kappa shape index (κ1) is 12.9. The number of carbonyl (C=O) groups excluding carboxylic acids is 2. The molecule has 5 heteroatoms. The molecule has 0 unspecified atom stereocenters. The summed E-state index contributed by atoms with van der Waals surface area (Å²) in [6.07, 6.45) is 7.69. The van der Waals surface area contributed by atoms with Crippen molar-refractivity contribution < 1.29 is 9.59 Å². The van der Waals surface area contributed by atoms with Gasteiger partial charge in [-0.2, -0.15) is 0 Å². The maximum atomic E-state index is 12.2. The SMILES string of the molecule is O=C(CN1CCC[C@@H]2CCCC[C@H]21)N1CCNC1=O. The van der Waals surface area contributed by atoms with Crippen LogP contribution in [0, 0.1) is 5.92 Å². The maximum Gasteiger partial charge on any atom is 0.324 e. The highest BCUT2D eigenvalue weighted by Gasteiger charge is 2.35. The standard InChI is InChI=1S/C14H23N3O2/c18-13(17-9-7-15-14(17)19)10-16-8-3-5-11-4-1-2-6-12(11)16/h11-12H,1-10H2,(H,15,19)/t11-,12+/m0/s1. The molecule has 0 bridgehead atoms. The van der Waals surface area contributed by atoms with E-state index in [1.54, 1.807) is 0 Å². The molecule has 1 aliphatic carbocycles. The molecule has 0 aromatic rings. The smallest absolute Gasteiger partial charge is 0.324 e. The number of nitrogens with zero attached hydrogens (tertiary/aromatic N) is 2. The number of amides is 3. The largest absolute Gasteiger partial charge is 0.336 e. The van der Waals surface area contributed by atoms with E-state index in [9.17, 15) is 9.59 Å². The number of likely N-dealkylation sites (tertiary alicyclic amines) is 1. The Morgan fingerprint density at radius 1 is 1.16 bits per heavy atom. The number of rotatable bonds is 2. The van der Waals surface area contributed by atoms with E-state index in [0.717, 1.165) is 12.5 Å². The van der Waals surface area contributed by atoms with Crippen molar-refractivity contribution in [2.24, 2.45) is 5.92 Å². The first-order chi connectivity index (χ1) is 9.25. The fourth-order valence-corrected chi connectivity index (χ4v) is 3.89. The molecule has 1 N–H and O–H groups in total. The molecule has 1 saturated carbocycles. The van der Waals surface area contributed by atoms with Gasteiger partial charge >= 0.3 is 6.03 Å². The van der Waals surface area contributed by atoms with Gasteiger partial charge in [0.05, 0.1) is 6.54 Å². The molecule has 2 aliphatic heterocycles. The summed E-state index contributed by atoms with van der Waals surface area (Å²) < 4.78 is 0. The van der Waals surface area contributed by atoms with Gasteiger partial charge in [-0.05, 0) is 38.1 Å². The van der Waals surface area contributed by atoms with Crippen molar-refractivity contribution in [2.45, 2.75) is 44.6 Å². The van der Waals surface area contributed by atoms with Gasteiger partial charge in [0.1, 0.15) is 0 Å². The van der Waals surface area contributed by atoms with Crippen molar-refractivity contribution in [3.05, 3.63) is 0 Å². The molecule has 106 valence electrons. The minimum absolute atomic E-state index is 0.0266. The summed E-state index contributed by atoms with van der Waals surface area (Å²) in [5.41, 5.74) is 0. The van der Waals surface area contributed by atoms with Crippen molar-refractivity contribution in [3.63, 3.8) is 0 Å². The van der Waals surface area contributed by atoms with Gasteiger partial charge in [-0.15, -0.1) is 0 Å². The zero-order valence-electron chi connectivity index (χ0n) is 11.4. The summed E-state index contributed by atoms with van der Waals surface area (Å²) in [4.78, 5) is 27.4. The minimum atomic E-state index is -0.220. The van der Waals surface area contributed by atoms with Crippen LogP contribution in [0.1, 0.15) is 38.5 Å². The average Bonchev–Trinajstić information content (AvgIpc) is 2.85. The van der Waals surface area contributed by atoms with Crippen LogP contribution < -0.4 is 5.32 Å². The van der Waals surface area contributed by atoms with Crippen LogP contribution in [0.25, 0.3) is 0 Å². The van der Waals surface area contributed by atoms with Crippen LogP contribution in [-0.4, -0.2) is 54.0 Å². The van der Waals surface area contributed by atoms with E-state index in [1.165, 1.54) is 43.4 Å². The third kappa shape index (κ3) is 2.61. The van der Waals surface area contributed by atoms with E-state index in [0.29, 0.717) is 25.7 Å². The quantitative estimate of drug-likeness (QED) is 0.816. The van der Waals surface area contributed by atoms with Crippen molar-refractivity contribution in [2.75, 3.05) is 26.2 Å². The third-order valence-corrected chi connectivity index (χ3v) is 4.85. The van der Waals surface area contributed by atoms with Gasteiger partial charge < -0.3 is 5.32 Å². The second kappa shape index (κ2) is 5.49. The Bertz CT molecular complexity index is 370. The topological polar surface area (TPSA) is 52.7 Å². The lowest BCUT2D eigenvalue weighted by Gasteiger charge is -2.44. The van der Waals surface area contributed by atoms with E-state index in [-0.39, 0.29) is 11.9 Å². The van der Waals surface area contributed by atoms with Crippen molar-refractivity contribution in [3.8, 4) is 0 Å². The van der Waals surface area contributed by atoms with Gasteiger partial charge in [0.2, 0.25) is 5.91 Å². The molecular weight excluding hydrogens is 242 g/mol. The average molecular weight is 265 g/mol. The number of imide groups is 1. The van der Waals surface area contributed by atoms with Gasteiger partial charge in [0, 0.05) is 19.1 Å². The Morgan fingerprint density at radius 2 is 1.95 bits per heavy atom. The number of hydrogen-bond acceptors (Lipinski definition) is 3. The fourth-order valence-electron chi connectivity index (χ4n) is 3.89. The highest BCUT2D eigenvalue weighted by Crippen LogP contribution is 2.35. The zero-order chi connectivity index (χ0) is 13.2. The summed E-state index contributed by atoms with van der Waals surface area (Å²) in [5, 5.41) is 2.69. The van der Waals surface area contributed by atoms with Crippen molar-refractivity contribution in [1.29, 1.82) is 0 Å². The lowest BCUT2D eigenvalue weighted by Crippen LogP contribution is -2.51. The Morgan fingerprint density at radius 3 is 2.74 bits per heavy atom. The van der Waals surface area contributed by atoms with Crippen LogP contribution in [-0.2, 0) is 4.79 Å². The second-order valence-corrected chi connectivity index (χ2v) is 6.00. The molecule has 0 aromatic heterocycles. The van der Waals surface area contributed by atoms with E-state index in [4.69, 9.17) is 0 Å². The lowest BCUT2D eigenvalue weighted by atomic mass is 9.78. The number of urea groups is 1. The molecular formula is C14H23N3O2. The van der Waals surface area contributed by atoms with Crippen molar-refractivity contribution >= 4 is 11.9 Å². The fraction of sp³-hybridized carbons (Fsp3) is 0.857. The molecule has 3 fully saturated rings. The predicted octanol–water partition coefficient (Wildman–Crippen LogP) is 1.19. The predicted molar refractivity (Wildman–Crippen MR) is 71.7 cm³/mol. The first-order valence-corrected chi connectivity index (χ1v) is 7.58. The number of hydrogen-bond donors (Lipinski definition) is 1. The highest BCUT2D eigenvalue weighted by atomic mass is 16.2. The van der Waals surface area contributed by atoms with Gasteiger partial charge in [0.25, 0.3) is 0 Å². The Balaban J connectivity index is 1.61. The Labute approximate surface area is 114 Å². The molecule has 0 radical (unpaired) electrons. The molecule has 2 saturated heterocycles. The monoisotopic (exact) mass is 265 g/mol. The molecule has 3 rings (SSSR count). The number of fused-ring (bicyclic) bond motifs is 1. The molecule has 2 atom stereocenters. The van der Waals surface area contributed by atoms with Crippen LogP contribution in [0.4, 0.5) is 4.79 Å². The summed E-state index contributed by atoms with van der Waals surface area (Å²) >= 11 is 0. The van der Waals surface area contributed by atoms with Crippen LogP contribution >= 0.6 is 0 Å². The summed E-state index contributed by atoms with van der Waals surface area (Å²) in [6.45, 7) is 2.56. The zero-order valence-corrected chi connectivity index (χ0v) is 11.4. The van der Waals surface area contributed by atoms with Gasteiger partial charge in [-0.3, -0.25) is 14.6 Å². The molecule has 0 spiro atoms. The maximum absolute atomic E-state index is 12.2. The molecule has 2 heterocycles. The van der Waals surface area contributed by atoms with Gasteiger partial charge in [0.15, 0.2) is 0 Å². The highest BCUT2D eigenvalue weighted by molar-refractivity contribution is 5.96. The van der Waals surface area contributed by atoms with E-state index >= 15 is 0 Å². The Hall–Kier alpha value is -1.10. The number of carbonyl (C=O) groups is 2. The van der Waals surface area contributed by atoms with Crippen LogP contribution in [0.2, 0.25) is 0 Å². The van der Waals surface area contributed by atoms with Crippen LogP contribution in [0.3, 0.4) is 0 Å². The number of nitrogens with one attached hydrogen (secondary N) is 1. The third-order valence-electron chi connectivity index (χ3n) is 4.85. The molecule has 5 nitrogen and oxygen atoms in total. The first-order valence-electron chi connectivity index (χ1n) is 7.58. The lowest BCUT2D eigenvalue weighted by molar-refractivity contribution is -0.130. The van der Waals surface area contributed by atoms with E-state index in [2.05, 4.69) is 10.2 Å². The molecule has 0 aromatic carbocycles. The van der Waals surface area contributed by atoms with E-state index in [1.807, 2.05) is 0 Å². The molecule has 3 aliphatic rings. The second-order valence-electron chi connectivity index (χ2n) is 6.00. The minimum Gasteiger partial charge on any atom is -0.336 e. The van der Waals surface area contributed by atoms with Crippen LogP contribution in [0.5, 0.6) is 0 Å². The van der Waals surface area contributed by atoms with Crippen molar-refractivity contribution in [1.82, 2.24) is 15.1 Å². The number of piperidine rings is 1. The normalized spacial score (nSPS) is 32.0. The molecule has 3 amide bonds. The Kier molecular flexibility index (Phi) is 3.73. The van der Waals surface area contributed by atoms with E-state index < -0.39 is 0 Å². The molecule has 19 heavy (non-hydrogen) atoms.